The highest BCUT2D eigenvalue weighted by Gasteiger charge is 2.25. The molecule has 2 aromatic rings. The molecule has 0 aliphatic carbocycles. The average Bonchev–Trinajstić information content (AvgIpc) is 2.82. The Morgan fingerprint density at radius 1 is 0.875 bits per heavy atom. The van der Waals surface area contributed by atoms with E-state index in [0.717, 1.165) is 61.2 Å². The van der Waals surface area contributed by atoms with Gasteiger partial charge in [-0.3, -0.25) is 0 Å². The van der Waals surface area contributed by atoms with Gasteiger partial charge in [0.25, 0.3) is 0 Å². The molecule has 3 rings (SSSR count). The van der Waals surface area contributed by atoms with E-state index in [1.807, 2.05) is 19.9 Å². The Bertz CT molecular complexity index is 867. The maximum Gasteiger partial charge on any atom is 0.161 e. The van der Waals surface area contributed by atoms with Crippen molar-refractivity contribution in [2.75, 3.05) is 53.1 Å². The molecular weight excluding hydrogens is 404 g/mol. The quantitative estimate of drug-likeness (QED) is 0.524. The molecule has 1 aliphatic rings. The van der Waals surface area contributed by atoms with Crippen LogP contribution in [0.15, 0.2) is 30.3 Å². The van der Waals surface area contributed by atoms with Gasteiger partial charge in [-0.05, 0) is 74.3 Å². The second-order valence-electron chi connectivity index (χ2n) is 7.79. The van der Waals surface area contributed by atoms with Gasteiger partial charge in [-0.2, -0.15) is 0 Å². The molecule has 1 unspecified atom stereocenters. The predicted octanol–water partition coefficient (Wildman–Crippen LogP) is 4.45. The lowest BCUT2D eigenvalue weighted by molar-refractivity contribution is 0.217. The van der Waals surface area contributed by atoms with Crippen LogP contribution in [0.25, 0.3) is 0 Å². The van der Waals surface area contributed by atoms with Gasteiger partial charge in [0.1, 0.15) is 6.61 Å². The van der Waals surface area contributed by atoms with Crippen molar-refractivity contribution >= 4 is 0 Å². The van der Waals surface area contributed by atoms with Gasteiger partial charge in [0, 0.05) is 13.1 Å². The predicted molar refractivity (Wildman–Crippen MR) is 129 cm³/mol. The van der Waals surface area contributed by atoms with Crippen molar-refractivity contribution < 1.29 is 18.9 Å². The van der Waals surface area contributed by atoms with E-state index in [1.165, 1.54) is 11.1 Å². The van der Waals surface area contributed by atoms with Crippen molar-refractivity contribution in [2.45, 2.75) is 40.2 Å². The summed E-state index contributed by atoms with van der Waals surface area (Å²) in [6.07, 6.45) is 0.960. The summed E-state index contributed by atoms with van der Waals surface area (Å²) >= 11 is 0. The number of benzene rings is 2. The largest absolute Gasteiger partial charge is 0.493 e. The second-order valence-corrected chi connectivity index (χ2v) is 7.79. The summed E-state index contributed by atoms with van der Waals surface area (Å²) in [6, 6.07) is 10.5. The molecule has 0 saturated heterocycles. The van der Waals surface area contributed by atoms with Gasteiger partial charge in [0.05, 0.1) is 26.4 Å². The molecule has 1 heterocycles. The van der Waals surface area contributed by atoms with Crippen molar-refractivity contribution in [3.63, 3.8) is 0 Å². The monoisotopic (exact) mass is 442 g/mol. The number of hydrogen-bond donors (Lipinski definition) is 1. The van der Waals surface area contributed by atoms with E-state index >= 15 is 0 Å². The third kappa shape index (κ3) is 5.67. The lowest BCUT2D eigenvalue weighted by atomic mass is 9.89. The molecule has 1 atom stereocenters. The third-order valence-electron chi connectivity index (χ3n) is 5.94. The molecule has 0 spiro atoms. The van der Waals surface area contributed by atoms with Crippen molar-refractivity contribution in [1.82, 2.24) is 10.2 Å². The molecule has 1 aliphatic heterocycles. The van der Waals surface area contributed by atoms with Crippen LogP contribution < -0.4 is 24.3 Å². The maximum atomic E-state index is 6.04. The molecule has 0 fully saturated rings. The fourth-order valence-corrected chi connectivity index (χ4v) is 4.21. The maximum absolute atomic E-state index is 6.04. The van der Waals surface area contributed by atoms with Crippen LogP contribution in [0, 0.1) is 0 Å². The van der Waals surface area contributed by atoms with Crippen LogP contribution in [0.5, 0.6) is 23.0 Å². The minimum absolute atomic E-state index is 0.0623. The van der Waals surface area contributed by atoms with Crippen molar-refractivity contribution in [2.24, 2.45) is 0 Å². The molecule has 32 heavy (non-hydrogen) atoms. The highest BCUT2D eigenvalue weighted by molar-refractivity contribution is 5.53. The zero-order valence-corrected chi connectivity index (χ0v) is 20.2. The first-order valence-corrected chi connectivity index (χ1v) is 11.8. The van der Waals surface area contributed by atoms with Gasteiger partial charge in [-0.15, -0.1) is 0 Å². The Kier molecular flexibility index (Phi) is 9.06. The molecule has 0 radical (unpaired) electrons. The number of likely N-dealkylation sites (N-methyl/N-ethyl adjacent to an activating group) is 1. The molecule has 1 N–H and O–H groups in total. The van der Waals surface area contributed by atoms with E-state index in [-0.39, 0.29) is 6.04 Å². The van der Waals surface area contributed by atoms with Crippen LogP contribution in [0.2, 0.25) is 0 Å². The molecular formula is C26H38N2O4. The van der Waals surface area contributed by atoms with E-state index in [1.54, 1.807) is 7.11 Å². The molecule has 0 amide bonds. The van der Waals surface area contributed by atoms with E-state index in [2.05, 4.69) is 48.3 Å². The first-order chi connectivity index (χ1) is 15.6. The van der Waals surface area contributed by atoms with Crippen LogP contribution in [0.4, 0.5) is 0 Å². The van der Waals surface area contributed by atoms with E-state index in [9.17, 15) is 0 Å². The summed E-state index contributed by atoms with van der Waals surface area (Å²) < 4.78 is 23.4. The summed E-state index contributed by atoms with van der Waals surface area (Å²) in [5.41, 5.74) is 3.66. The number of hydrogen-bond acceptors (Lipinski definition) is 6. The minimum Gasteiger partial charge on any atom is -0.493 e. The van der Waals surface area contributed by atoms with Crippen molar-refractivity contribution in [3.8, 4) is 23.0 Å². The first-order valence-electron chi connectivity index (χ1n) is 11.8. The van der Waals surface area contributed by atoms with Gasteiger partial charge in [-0.25, -0.2) is 0 Å². The van der Waals surface area contributed by atoms with Crippen molar-refractivity contribution in [1.29, 1.82) is 0 Å². The highest BCUT2D eigenvalue weighted by atomic mass is 16.5. The second kappa shape index (κ2) is 12.0. The molecule has 0 bridgehead atoms. The Labute approximate surface area is 192 Å². The van der Waals surface area contributed by atoms with Gasteiger partial charge in [0.2, 0.25) is 0 Å². The Balaban J connectivity index is 1.85. The van der Waals surface area contributed by atoms with Crippen LogP contribution in [-0.2, 0) is 6.42 Å². The normalized spacial score (nSPS) is 15.4. The minimum atomic E-state index is 0.0623. The SMILES string of the molecule is CCOc1cc2c(cc1OCC)C(c1ccc(OCCN(CC)CC)c(OC)c1)NCC2. The van der Waals surface area contributed by atoms with Crippen LogP contribution in [-0.4, -0.2) is 58.0 Å². The number of nitrogens with one attached hydrogen (secondary N) is 1. The zero-order valence-electron chi connectivity index (χ0n) is 20.2. The third-order valence-corrected chi connectivity index (χ3v) is 5.94. The molecule has 6 heteroatoms. The van der Waals surface area contributed by atoms with Gasteiger partial charge >= 0.3 is 0 Å². The average molecular weight is 443 g/mol. The smallest absolute Gasteiger partial charge is 0.161 e. The number of ether oxygens (including phenoxy) is 4. The number of methoxy groups -OCH3 is 1. The summed E-state index contributed by atoms with van der Waals surface area (Å²) in [6.45, 7) is 14.0. The molecule has 2 aromatic carbocycles. The number of nitrogens with zero attached hydrogens (tertiary/aromatic N) is 1. The topological polar surface area (TPSA) is 52.2 Å². The number of fused-ring (bicyclic) bond motifs is 1. The van der Waals surface area contributed by atoms with Crippen LogP contribution >= 0.6 is 0 Å². The Hall–Kier alpha value is -2.44. The van der Waals surface area contributed by atoms with Gasteiger partial charge < -0.3 is 29.2 Å². The van der Waals surface area contributed by atoms with Gasteiger partial charge in [0.15, 0.2) is 23.0 Å². The number of rotatable bonds is 12. The lowest BCUT2D eigenvalue weighted by Gasteiger charge is -2.29. The lowest BCUT2D eigenvalue weighted by Crippen LogP contribution is -2.30. The van der Waals surface area contributed by atoms with Gasteiger partial charge in [-0.1, -0.05) is 19.9 Å². The highest BCUT2D eigenvalue weighted by Crippen LogP contribution is 2.39. The summed E-state index contributed by atoms with van der Waals surface area (Å²) in [5.74, 6) is 3.15. The Morgan fingerprint density at radius 3 is 2.25 bits per heavy atom. The first kappa shape index (κ1) is 24.2. The van der Waals surface area contributed by atoms with Crippen molar-refractivity contribution in [3.05, 3.63) is 47.0 Å². The van der Waals surface area contributed by atoms with E-state index < -0.39 is 0 Å². The fourth-order valence-electron chi connectivity index (χ4n) is 4.21. The summed E-state index contributed by atoms with van der Waals surface area (Å²) in [5, 5.41) is 3.66. The van der Waals surface area contributed by atoms with E-state index in [0.29, 0.717) is 19.8 Å². The molecule has 6 nitrogen and oxygen atoms in total. The van der Waals surface area contributed by atoms with Crippen LogP contribution in [0.3, 0.4) is 0 Å². The van der Waals surface area contributed by atoms with E-state index in [4.69, 9.17) is 18.9 Å². The molecule has 0 aromatic heterocycles. The van der Waals surface area contributed by atoms with Crippen LogP contribution in [0.1, 0.15) is 50.4 Å². The summed E-state index contributed by atoms with van der Waals surface area (Å²) in [7, 11) is 1.69. The summed E-state index contributed by atoms with van der Waals surface area (Å²) in [4.78, 5) is 2.34. The zero-order chi connectivity index (χ0) is 22.9. The Morgan fingerprint density at radius 2 is 1.59 bits per heavy atom. The standard InChI is InChI=1S/C26H38N2O4/c1-6-28(7-2)14-15-32-22-11-10-20(17-23(22)29-5)26-21-18-25(31-9-4)24(30-8-3)16-19(21)12-13-27-26/h10-11,16-18,26-27H,6-9,12-15H2,1-5H3. The molecule has 0 saturated carbocycles. The molecule has 176 valence electrons. The fraction of sp³-hybridized carbons (Fsp3) is 0.538.